The number of fused-ring (bicyclic) bond motifs is 1. The van der Waals surface area contributed by atoms with Gasteiger partial charge in [-0.1, -0.05) is 78.4 Å². The summed E-state index contributed by atoms with van der Waals surface area (Å²) >= 11 is 0. The maximum atomic E-state index is 14.0. The largest absolute Gasteiger partial charge is 0.468 e. The minimum Gasteiger partial charge on any atom is -0.468 e. The van der Waals surface area contributed by atoms with Gasteiger partial charge in [0.15, 0.2) is 0 Å². The lowest BCUT2D eigenvalue weighted by molar-refractivity contribution is -0.154. The van der Waals surface area contributed by atoms with Gasteiger partial charge in [0, 0.05) is 26.1 Å². The summed E-state index contributed by atoms with van der Waals surface area (Å²) in [5, 5.41) is 3.27. The summed E-state index contributed by atoms with van der Waals surface area (Å²) in [5.74, 6) is -3.65. The highest BCUT2D eigenvalue weighted by Gasteiger charge is 2.68. The first-order valence-electron chi connectivity index (χ1n) is 13.4. The molecular weight excluding hydrogens is 542 g/mol. The third-order valence-corrected chi connectivity index (χ3v) is 9.93. The molecule has 0 aliphatic carbocycles. The number of hydrogen-bond donors (Lipinski definition) is 1. The maximum Gasteiger partial charge on any atom is 0.327 e. The molecule has 214 valence electrons. The number of carbonyl (C=O) groups is 3. The van der Waals surface area contributed by atoms with Crippen LogP contribution in [-0.4, -0.2) is 67.7 Å². The van der Waals surface area contributed by atoms with Gasteiger partial charge in [-0.15, -0.1) is 0 Å². The third kappa shape index (κ3) is 5.18. The number of nitrogens with one attached hydrogen (secondary N) is 1. The van der Waals surface area contributed by atoms with Crippen LogP contribution in [0.25, 0.3) is 0 Å². The molecule has 3 aromatic rings. The van der Waals surface area contributed by atoms with E-state index < -0.39 is 51.2 Å². The Balaban J connectivity index is 1.54. The summed E-state index contributed by atoms with van der Waals surface area (Å²) in [7, 11) is -1.24. The van der Waals surface area contributed by atoms with E-state index in [9.17, 15) is 22.8 Å². The molecule has 9 nitrogen and oxygen atoms in total. The second kappa shape index (κ2) is 11.2. The molecule has 2 amide bonds. The van der Waals surface area contributed by atoms with Crippen molar-refractivity contribution in [3.05, 3.63) is 102 Å². The molecule has 2 fully saturated rings. The molecule has 1 N–H and O–H groups in total. The number of nitrogens with zero attached hydrogens (tertiary/aromatic N) is 2. The van der Waals surface area contributed by atoms with Gasteiger partial charge in [-0.05, 0) is 30.2 Å². The van der Waals surface area contributed by atoms with Crippen LogP contribution in [0.3, 0.4) is 0 Å². The molecule has 0 saturated carbocycles. The number of hydrogen-bond acceptors (Lipinski definition) is 7. The van der Waals surface area contributed by atoms with Crippen LogP contribution in [0.15, 0.2) is 89.8 Å². The average molecular weight is 576 g/mol. The zero-order valence-corrected chi connectivity index (χ0v) is 24.0. The molecule has 0 bridgehead atoms. The zero-order valence-electron chi connectivity index (χ0n) is 23.2. The van der Waals surface area contributed by atoms with Crippen LogP contribution in [0.1, 0.15) is 16.7 Å². The molecule has 2 aliphatic rings. The van der Waals surface area contributed by atoms with Gasteiger partial charge in [0.2, 0.25) is 21.8 Å². The summed E-state index contributed by atoms with van der Waals surface area (Å²) in [4.78, 5) is 42.9. The Labute approximate surface area is 240 Å². The summed E-state index contributed by atoms with van der Waals surface area (Å²) in [6, 6.07) is 24.0. The Morgan fingerprint density at radius 3 is 2.10 bits per heavy atom. The van der Waals surface area contributed by atoms with E-state index in [2.05, 4.69) is 5.32 Å². The minimum absolute atomic E-state index is 0.0539. The van der Waals surface area contributed by atoms with Crippen molar-refractivity contribution in [2.75, 3.05) is 20.7 Å². The van der Waals surface area contributed by atoms with Crippen molar-refractivity contribution in [2.45, 2.75) is 36.4 Å². The molecule has 4 atom stereocenters. The molecule has 5 rings (SSSR count). The third-order valence-electron chi connectivity index (χ3n) is 8.09. The number of methoxy groups -OCH3 is 1. The number of imide groups is 1. The minimum atomic E-state index is -3.92. The Bertz CT molecular complexity index is 1550. The molecule has 0 spiro atoms. The molecule has 41 heavy (non-hydrogen) atoms. The maximum absolute atomic E-state index is 14.0. The molecule has 0 radical (unpaired) electrons. The van der Waals surface area contributed by atoms with Crippen LogP contribution in [0.5, 0.6) is 0 Å². The standard InChI is InChI=1S/C31H33N3O6S/c1-21-14-16-24(17-15-21)41(38,39)33(2)20-25-26-27(29(36)34(28(26)35)19-23-12-8-5-9-13-23)31(32-25,30(37)40-3)18-22-10-6-4-7-11-22/h4-17,25-27,32H,18-20H2,1-3H3/t25-,26+,27-,31-/m1/s1. The van der Waals surface area contributed by atoms with Crippen LogP contribution in [0.4, 0.5) is 0 Å². The monoisotopic (exact) mass is 575 g/mol. The van der Waals surface area contributed by atoms with E-state index in [1.54, 1.807) is 12.1 Å². The van der Waals surface area contributed by atoms with Gasteiger partial charge in [0.05, 0.1) is 30.4 Å². The number of likely N-dealkylation sites (tertiary alicyclic amines) is 1. The number of likely N-dealkylation sites (N-methyl/N-ethyl adjacent to an activating group) is 1. The Morgan fingerprint density at radius 2 is 1.51 bits per heavy atom. The van der Waals surface area contributed by atoms with Crippen LogP contribution in [-0.2, 0) is 42.1 Å². The molecule has 3 aromatic carbocycles. The lowest BCUT2D eigenvalue weighted by atomic mass is 9.76. The van der Waals surface area contributed by atoms with Crippen LogP contribution >= 0.6 is 0 Å². The van der Waals surface area contributed by atoms with Crippen molar-refractivity contribution in [3.8, 4) is 0 Å². The molecule has 2 saturated heterocycles. The lowest BCUT2D eigenvalue weighted by Gasteiger charge is -2.33. The summed E-state index contributed by atoms with van der Waals surface area (Å²) in [5.41, 5.74) is 0.888. The van der Waals surface area contributed by atoms with E-state index in [1.807, 2.05) is 67.6 Å². The van der Waals surface area contributed by atoms with Gasteiger partial charge in [-0.2, -0.15) is 4.31 Å². The lowest BCUT2D eigenvalue weighted by Crippen LogP contribution is -2.59. The number of amides is 2. The first-order chi connectivity index (χ1) is 19.6. The van der Waals surface area contributed by atoms with E-state index in [1.165, 1.54) is 35.5 Å². The second-order valence-electron chi connectivity index (χ2n) is 10.7. The number of carbonyl (C=O) groups excluding carboxylic acids is 3. The Hall–Kier alpha value is -3.86. The number of sulfonamides is 1. The number of aryl methyl sites for hydroxylation is 1. The number of esters is 1. The molecule has 0 aromatic heterocycles. The highest BCUT2D eigenvalue weighted by molar-refractivity contribution is 7.89. The normalized spacial score (nSPS) is 24.1. The SMILES string of the molecule is COC(=O)[C@]1(Cc2ccccc2)N[C@H](CN(C)S(=O)(=O)c2ccc(C)cc2)[C@@H]2C(=O)N(Cc3ccccc3)C(=O)[C@@H]21. The topological polar surface area (TPSA) is 113 Å². The number of benzene rings is 3. The van der Waals surface area contributed by atoms with Gasteiger partial charge in [0.1, 0.15) is 5.54 Å². The van der Waals surface area contributed by atoms with Gasteiger partial charge in [-0.25, -0.2) is 8.42 Å². The fourth-order valence-corrected chi connectivity index (χ4v) is 7.25. The van der Waals surface area contributed by atoms with Crippen molar-refractivity contribution in [1.82, 2.24) is 14.5 Å². The molecule has 2 aliphatic heterocycles. The van der Waals surface area contributed by atoms with E-state index in [0.717, 1.165) is 16.7 Å². The first kappa shape index (κ1) is 28.7. The molecular formula is C31H33N3O6S. The van der Waals surface area contributed by atoms with Crippen molar-refractivity contribution in [2.24, 2.45) is 11.8 Å². The second-order valence-corrected chi connectivity index (χ2v) is 12.8. The fourth-order valence-electron chi connectivity index (χ4n) is 6.05. The predicted molar refractivity (Wildman–Crippen MR) is 152 cm³/mol. The van der Waals surface area contributed by atoms with E-state index in [4.69, 9.17) is 4.74 Å². The van der Waals surface area contributed by atoms with Gasteiger partial charge >= 0.3 is 5.97 Å². The smallest absolute Gasteiger partial charge is 0.327 e. The summed E-state index contributed by atoms with van der Waals surface area (Å²) in [6.45, 7) is 1.78. The van der Waals surface area contributed by atoms with Crippen molar-refractivity contribution in [3.63, 3.8) is 0 Å². The van der Waals surface area contributed by atoms with E-state index in [0.29, 0.717) is 0 Å². The van der Waals surface area contributed by atoms with E-state index >= 15 is 0 Å². The highest BCUT2D eigenvalue weighted by atomic mass is 32.2. The predicted octanol–water partition coefficient (Wildman–Crippen LogP) is 2.54. The van der Waals surface area contributed by atoms with Crippen LogP contribution in [0.2, 0.25) is 0 Å². The Kier molecular flexibility index (Phi) is 7.83. The summed E-state index contributed by atoms with van der Waals surface area (Å²) < 4.78 is 33.3. The first-order valence-corrected chi connectivity index (χ1v) is 14.8. The van der Waals surface area contributed by atoms with Gasteiger partial charge in [-0.3, -0.25) is 24.6 Å². The quantitative estimate of drug-likeness (QED) is 0.308. The summed E-state index contributed by atoms with van der Waals surface area (Å²) in [6.07, 6.45) is 0.0881. The molecule has 10 heteroatoms. The van der Waals surface area contributed by atoms with Crippen molar-refractivity contribution in [1.29, 1.82) is 0 Å². The Morgan fingerprint density at radius 1 is 0.927 bits per heavy atom. The van der Waals surface area contributed by atoms with E-state index in [-0.39, 0.29) is 24.4 Å². The van der Waals surface area contributed by atoms with Crippen molar-refractivity contribution < 1.29 is 27.5 Å². The fraction of sp³-hybridized carbons (Fsp3) is 0.323. The highest BCUT2D eigenvalue weighted by Crippen LogP contribution is 2.46. The van der Waals surface area contributed by atoms with Crippen LogP contribution < -0.4 is 5.32 Å². The zero-order chi connectivity index (χ0) is 29.4. The molecule has 0 unspecified atom stereocenters. The van der Waals surface area contributed by atoms with Gasteiger partial charge in [0.25, 0.3) is 0 Å². The number of rotatable bonds is 9. The van der Waals surface area contributed by atoms with Crippen molar-refractivity contribution >= 4 is 27.8 Å². The number of ether oxygens (including phenoxy) is 1. The average Bonchev–Trinajstić information content (AvgIpc) is 3.42. The van der Waals surface area contributed by atoms with Crippen LogP contribution in [0, 0.1) is 18.8 Å². The van der Waals surface area contributed by atoms with Gasteiger partial charge < -0.3 is 4.74 Å². The molecule has 2 heterocycles.